The number of phenols is 2. The molecule has 2 aromatic rings. The van der Waals surface area contributed by atoms with Crippen LogP contribution in [0.4, 0.5) is 4.39 Å². The maximum absolute atomic E-state index is 13.0. The van der Waals surface area contributed by atoms with Crippen molar-refractivity contribution in [1.29, 1.82) is 5.26 Å². The smallest absolute Gasteiger partial charge is 0.175 e. The van der Waals surface area contributed by atoms with E-state index in [-0.39, 0.29) is 23.0 Å². The van der Waals surface area contributed by atoms with Gasteiger partial charge in [-0.15, -0.1) is 0 Å². The Labute approximate surface area is 157 Å². The standard InChI is InChI=1S/C21H23FN2O3/c22-18-3-1-14(2-4-18)5-8-24-9-6-15(7-10-24)20(26)16-11-17(13-23)21(27)19(25)12-16/h1-4,11-12,15,20,25-27H,5-10H2. The van der Waals surface area contributed by atoms with Crippen LogP contribution in [0.15, 0.2) is 36.4 Å². The first kappa shape index (κ1) is 19.2. The van der Waals surface area contributed by atoms with Crippen molar-refractivity contribution < 1.29 is 19.7 Å². The van der Waals surface area contributed by atoms with Crippen LogP contribution in [-0.4, -0.2) is 39.9 Å². The molecule has 0 aromatic heterocycles. The summed E-state index contributed by atoms with van der Waals surface area (Å²) in [6.07, 6.45) is 1.66. The Morgan fingerprint density at radius 1 is 1.15 bits per heavy atom. The predicted molar refractivity (Wildman–Crippen MR) is 98.7 cm³/mol. The fourth-order valence-electron chi connectivity index (χ4n) is 3.60. The van der Waals surface area contributed by atoms with E-state index >= 15 is 0 Å². The summed E-state index contributed by atoms with van der Waals surface area (Å²) in [7, 11) is 0. The monoisotopic (exact) mass is 370 g/mol. The van der Waals surface area contributed by atoms with Gasteiger partial charge in [0.2, 0.25) is 0 Å². The van der Waals surface area contributed by atoms with E-state index in [1.807, 2.05) is 6.07 Å². The molecule has 1 fully saturated rings. The summed E-state index contributed by atoms with van der Waals surface area (Å²) in [4.78, 5) is 2.32. The molecule has 6 heteroatoms. The lowest BCUT2D eigenvalue weighted by Gasteiger charge is -2.34. The maximum Gasteiger partial charge on any atom is 0.175 e. The third-order valence-electron chi connectivity index (χ3n) is 5.28. The number of rotatable bonds is 5. The topological polar surface area (TPSA) is 87.7 Å². The van der Waals surface area contributed by atoms with Gasteiger partial charge in [0.05, 0.1) is 11.7 Å². The molecule has 27 heavy (non-hydrogen) atoms. The van der Waals surface area contributed by atoms with Crippen molar-refractivity contribution in [1.82, 2.24) is 4.90 Å². The molecule has 3 rings (SSSR count). The van der Waals surface area contributed by atoms with Gasteiger partial charge in [-0.2, -0.15) is 5.26 Å². The molecule has 1 atom stereocenters. The molecule has 1 aliphatic heterocycles. The second-order valence-electron chi connectivity index (χ2n) is 7.05. The lowest BCUT2D eigenvalue weighted by Crippen LogP contribution is -2.36. The van der Waals surface area contributed by atoms with Gasteiger partial charge >= 0.3 is 0 Å². The molecule has 2 aromatic carbocycles. The Bertz CT molecular complexity index is 825. The zero-order valence-corrected chi connectivity index (χ0v) is 15.0. The highest BCUT2D eigenvalue weighted by Gasteiger charge is 2.27. The number of nitriles is 1. The van der Waals surface area contributed by atoms with Crippen LogP contribution >= 0.6 is 0 Å². The Kier molecular flexibility index (Phi) is 5.94. The third kappa shape index (κ3) is 4.57. The molecule has 0 spiro atoms. The molecular weight excluding hydrogens is 347 g/mol. The molecule has 1 heterocycles. The van der Waals surface area contributed by atoms with Crippen LogP contribution in [-0.2, 0) is 6.42 Å². The molecular formula is C21H23FN2O3. The summed E-state index contributed by atoms with van der Waals surface area (Å²) in [6, 6.07) is 11.1. The molecule has 0 saturated carbocycles. The van der Waals surface area contributed by atoms with Crippen molar-refractivity contribution in [2.75, 3.05) is 19.6 Å². The van der Waals surface area contributed by atoms with Crippen molar-refractivity contribution in [3.8, 4) is 17.6 Å². The number of nitrogens with zero attached hydrogens (tertiary/aromatic N) is 2. The molecule has 142 valence electrons. The molecule has 0 bridgehead atoms. The van der Waals surface area contributed by atoms with Crippen molar-refractivity contribution in [2.45, 2.75) is 25.4 Å². The Balaban J connectivity index is 1.55. The largest absolute Gasteiger partial charge is 0.504 e. The van der Waals surface area contributed by atoms with E-state index in [9.17, 15) is 19.7 Å². The number of hydrogen-bond donors (Lipinski definition) is 3. The van der Waals surface area contributed by atoms with Gasteiger partial charge in [0.25, 0.3) is 0 Å². The van der Waals surface area contributed by atoms with Crippen LogP contribution < -0.4 is 0 Å². The van der Waals surface area contributed by atoms with Gasteiger partial charge in [0.15, 0.2) is 11.5 Å². The van der Waals surface area contributed by atoms with Crippen molar-refractivity contribution >= 4 is 0 Å². The fraction of sp³-hybridized carbons (Fsp3) is 0.381. The zero-order valence-electron chi connectivity index (χ0n) is 15.0. The van der Waals surface area contributed by atoms with E-state index in [0.717, 1.165) is 44.5 Å². The lowest BCUT2D eigenvalue weighted by atomic mass is 9.86. The van der Waals surface area contributed by atoms with Gasteiger partial charge in [0, 0.05) is 6.54 Å². The van der Waals surface area contributed by atoms with Crippen molar-refractivity contribution in [3.63, 3.8) is 0 Å². The minimum Gasteiger partial charge on any atom is -0.504 e. The average molecular weight is 370 g/mol. The van der Waals surface area contributed by atoms with Crippen LogP contribution in [0.25, 0.3) is 0 Å². The summed E-state index contributed by atoms with van der Waals surface area (Å²) >= 11 is 0. The number of aliphatic hydroxyl groups excluding tert-OH is 1. The Morgan fingerprint density at radius 2 is 1.81 bits per heavy atom. The normalized spacial score (nSPS) is 16.8. The van der Waals surface area contributed by atoms with Gasteiger partial charge in [-0.05, 0) is 73.7 Å². The number of hydrogen-bond acceptors (Lipinski definition) is 5. The molecule has 1 unspecified atom stereocenters. The number of piperidine rings is 1. The number of benzene rings is 2. The molecule has 0 amide bonds. The summed E-state index contributed by atoms with van der Waals surface area (Å²) in [5, 5.41) is 39.1. The van der Waals surface area contributed by atoms with Gasteiger partial charge in [-0.3, -0.25) is 0 Å². The Morgan fingerprint density at radius 3 is 2.44 bits per heavy atom. The minimum absolute atomic E-state index is 0.0301. The highest BCUT2D eigenvalue weighted by molar-refractivity contribution is 5.53. The van der Waals surface area contributed by atoms with Crippen molar-refractivity contribution in [3.05, 3.63) is 58.9 Å². The molecule has 1 aliphatic rings. The average Bonchev–Trinajstić information content (AvgIpc) is 2.69. The quantitative estimate of drug-likeness (QED) is 0.704. The fourth-order valence-corrected chi connectivity index (χ4v) is 3.60. The Hall–Kier alpha value is -2.62. The number of likely N-dealkylation sites (tertiary alicyclic amines) is 1. The molecule has 3 N–H and O–H groups in total. The van der Waals surface area contributed by atoms with E-state index in [4.69, 9.17) is 5.26 Å². The number of aromatic hydroxyl groups is 2. The van der Waals surface area contributed by atoms with E-state index < -0.39 is 11.9 Å². The molecule has 5 nitrogen and oxygen atoms in total. The summed E-state index contributed by atoms with van der Waals surface area (Å²) in [6.45, 7) is 2.57. The maximum atomic E-state index is 13.0. The first-order chi connectivity index (χ1) is 13.0. The summed E-state index contributed by atoms with van der Waals surface area (Å²) in [5.41, 5.74) is 1.51. The first-order valence-corrected chi connectivity index (χ1v) is 9.08. The third-order valence-corrected chi connectivity index (χ3v) is 5.28. The zero-order chi connectivity index (χ0) is 19.4. The summed E-state index contributed by atoms with van der Waals surface area (Å²) in [5.74, 6) is -1.04. The number of halogens is 1. The van der Waals surface area contributed by atoms with Crippen LogP contribution in [0, 0.1) is 23.1 Å². The van der Waals surface area contributed by atoms with E-state index in [0.29, 0.717) is 5.56 Å². The van der Waals surface area contributed by atoms with Gasteiger partial charge in [-0.25, -0.2) is 4.39 Å². The van der Waals surface area contributed by atoms with Gasteiger partial charge < -0.3 is 20.2 Å². The van der Waals surface area contributed by atoms with Gasteiger partial charge in [0.1, 0.15) is 11.9 Å². The predicted octanol–water partition coefficient (Wildman–Crippen LogP) is 3.10. The number of phenolic OH excluding ortho intramolecular Hbond substituents is 2. The molecule has 0 aliphatic carbocycles. The second kappa shape index (κ2) is 8.38. The number of aliphatic hydroxyl groups is 1. The van der Waals surface area contributed by atoms with Crippen LogP contribution in [0.3, 0.4) is 0 Å². The molecule has 1 saturated heterocycles. The second-order valence-corrected chi connectivity index (χ2v) is 7.05. The van der Waals surface area contributed by atoms with Crippen LogP contribution in [0.2, 0.25) is 0 Å². The molecule has 0 radical (unpaired) electrons. The SMILES string of the molecule is N#Cc1cc(C(O)C2CCN(CCc3ccc(F)cc3)CC2)cc(O)c1O. The first-order valence-electron chi connectivity index (χ1n) is 9.08. The minimum atomic E-state index is -0.789. The van der Waals surface area contributed by atoms with Crippen molar-refractivity contribution in [2.24, 2.45) is 5.92 Å². The van der Waals surface area contributed by atoms with E-state index in [1.165, 1.54) is 24.3 Å². The highest BCUT2D eigenvalue weighted by Crippen LogP contribution is 2.36. The van der Waals surface area contributed by atoms with Crippen LogP contribution in [0.5, 0.6) is 11.5 Å². The lowest BCUT2D eigenvalue weighted by molar-refractivity contribution is 0.0590. The highest BCUT2D eigenvalue weighted by atomic mass is 19.1. The van der Waals surface area contributed by atoms with Gasteiger partial charge in [-0.1, -0.05) is 12.1 Å². The summed E-state index contributed by atoms with van der Waals surface area (Å²) < 4.78 is 13.0. The van der Waals surface area contributed by atoms with E-state index in [1.54, 1.807) is 12.1 Å². The van der Waals surface area contributed by atoms with Crippen LogP contribution in [0.1, 0.15) is 35.6 Å². The van der Waals surface area contributed by atoms with E-state index in [2.05, 4.69) is 4.90 Å².